The fourth-order valence-electron chi connectivity index (χ4n) is 4.67. The number of carbonyl (C=O) groups is 1. The summed E-state index contributed by atoms with van der Waals surface area (Å²) in [5.41, 5.74) is 0.776. The Morgan fingerprint density at radius 2 is 2.03 bits per heavy atom. The number of hydrogen-bond acceptors (Lipinski definition) is 8. The molecule has 1 saturated heterocycles. The summed E-state index contributed by atoms with van der Waals surface area (Å²) in [5, 5.41) is 19.8. The second-order valence-corrected chi connectivity index (χ2v) is 9.31. The lowest BCUT2D eigenvalue weighted by molar-refractivity contribution is -0.117. The molecule has 1 amide bonds. The molecule has 0 aliphatic carbocycles. The van der Waals surface area contributed by atoms with Gasteiger partial charge in [-0.15, -0.1) is 0 Å². The van der Waals surface area contributed by atoms with Crippen LogP contribution in [-0.4, -0.2) is 68.0 Å². The van der Waals surface area contributed by atoms with Crippen molar-refractivity contribution < 1.29 is 23.4 Å². The molecule has 204 valence electrons. The topological polar surface area (TPSA) is 117 Å². The Kier molecular flexibility index (Phi) is 8.23. The van der Waals surface area contributed by atoms with Crippen LogP contribution in [-0.2, 0) is 11.3 Å². The highest BCUT2D eigenvalue weighted by Crippen LogP contribution is 2.26. The molecule has 2 aromatic heterocycles. The summed E-state index contributed by atoms with van der Waals surface area (Å²) in [4.78, 5) is 23.3. The standard InChI is InChI=1S/C27H29F2N7O3/c28-22-5-1-6-23(29)26(22)34-25(38)15-36-14-18(13-32-36)33-27-21-8-7-20(12-24(21)30-17-31-27)39-11-3-10-35-9-2-4-19(35)16-37/h1,5-8,12-14,17,19,37H,2-4,9-11,15-16H2,(H,34,38)(H,30,31,33)/t19-/m1/s1. The van der Waals surface area contributed by atoms with E-state index < -0.39 is 23.2 Å². The van der Waals surface area contributed by atoms with Crippen molar-refractivity contribution in [1.29, 1.82) is 0 Å². The minimum absolute atomic E-state index is 0.203. The average molecular weight is 538 g/mol. The first kappa shape index (κ1) is 26.4. The summed E-state index contributed by atoms with van der Waals surface area (Å²) in [6.45, 7) is 2.44. The first-order valence-electron chi connectivity index (χ1n) is 12.8. The van der Waals surface area contributed by atoms with Gasteiger partial charge in [-0.05, 0) is 50.1 Å². The number of aliphatic hydroxyl groups excluding tert-OH is 1. The van der Waals surface area contributed by atoms with E-state index in [1.54, 1.807) is 6.20 Å². The number of likely N-dealkylation sites (tertiary alicyclic amines) is 1. The number of benzene rings is 2. The van der Waals surface area contributed by atoms with E-state index >= 15 is 0 Å². The molecule has 1 atom stereocenters. The number of hydrogen-bond donors (Lipinski definition) is 3. The molecular weight excluding hydrogens is 508 g/mol. The van der Waals surface area contributed by atoms with E-state index in [0.717, 1.165) is 49.9 Å². The molecule has 0 saturated carbocycles. The van der Waals surface area contributed by atoms with Crippen LogP contribution in [0.25, 0.3) is 10.9 Å². The van der Waals surface area contributed by atoms with E-state index in [4.69, 9.17) is 4.74 Å². The molecule has 0 spiro atoms. The lowest BCUT2D eigenvalue weighted by Gasteiger charge is -2.22. The van der Waals surface area contributed by atoms with Gasteiger partial charge in [0.25, 0.3) is 0 Å². The van der Waals surface area contributed by atoms with Crippen molar-refractivity contribution in [3.05, 3.63) is 66.8 Å². The Labute approximate surface area is 223 Å². The van der Waals surface area contributed by atoms with Gasteiger partial charge >= 0.3 is 0 Å². The van der Waals surface area contributed by atoms with Gasteiger partial charge in [0.05, 0.1) is 30.6 Å². The number of rotatable bonds is 11. The largest absolute Gasteiger partial charge is 0.493 e. The van der Waals surface area contributed by atoms with Crippen molar-refractivity contribution in [1.82, 2.24) is 24.6 Å². The van der Waals surface area contributed by atoms with Gasteiger partial charge in [-0.1, -0.05) is 6.07 Å². The van der Waals surface area contributed by atoms with E-state index in [1.165, 1.54) is 23.3 Å². The predicted octanol–water partition coefficient (Wildman–Crippen LogP) is 3.71. The van der Waals surface area contributed by atoms with E-state index in [-0.39, 0.29) is 19.2 Å². The highest BCUT2D eigenvalue weighted by Gasteiger charge is 2.22. The van der Waals surface area contributed by atoms with Gasteiger partial charge in [0.1, 0.15) is 41.8 Å². The van der Waals surface area contributed by atoms with Crippen LogP contribution in [0.5, 0.6) is 5.75 Å². The van der Waals surface area contributed by atoms with Gasteiger partial charge < -0.3 is 20.5 Å². The maximum absolute atomic E-state index is 13.8. The predicted molar refractivity (Wildman–Crippen MR) is 142 cm³/mol. The van der Waals surface area contributed by atoms with E-state index in [0.29, 0.717) is 29.4 Å². The minimum atomic E-state index is -0.853. The molecule has 0 unspecified atom stereocenters. The molecule has 2 aromatic carbocycles. The van der Waals surface area contributed by atoms with Gasteiger partial charge in [-0.2, -0.15) is 5.10 Å². The summed E-state index contributed by atoms with van der Waals surface area (Å²) in [6, 6.07) is 9.21. The highest BCUT2D eigenvalue weighted by molar-refractivity contribution is 5.92. The maximum atomic E-state index is 13.8. The van der Waals surface area contributed by atoms with Crippen LogP contribution in [0, 0.1) is 11.6 Å². The Morgan fingerprint density at radius 1 is 1.18 bits per heavy atom. The third kappa shape index (κ3) is 6.47. The van der Waals surface area contributed by atoms with Crippen LogP contribution in [0.4, 0.5) is 26.0 Å². The molecule has 1 aliphatic heterocycles. The number of aliphatic hydroxyl groups is 1. The molecular formula is C27H29F2N7O3. The van der Waals surface area contributed by atoms with Crippen LogP contribution < -0.4 is 15.4 Å². The van der Waals surface area contributed by atoms with Crippen LogP contribution in [0.2, 0.25) is 0 Å². The Hall–Kier alpha value is -4.16. The first-order chi connectivity index (χ1) is 19.0. The molecule has 39 heavy (non-hydrogen) atoms. The van der Waals surface area contributed by atoms with E-state index in [2.05, 4.69) is 30.6 Å². The highest BCUT2D eigenvalue weighted by atomic mass is 19.1. The summed E-state index contributed by atoms with van der Waals surface area (Å²) in [6.07, 6.45) is 7.58. The van der Waals surface area contributed by atoms with Crippen LogP contribution in [0.3, 0.4) is 0 Å². The Morgan fingerprint density at radius 3 is 2.85 bits per heavy atom. The fraction of sp³-hybridized carbons (Fsp3) is 0.333. The number of nitrogens with one attached hydrogen (secondary N) is 2. The zero-order valence-corrected chi connectivity index (χ0v) is 21.2. The summed E-state index contributed by atoms with van der Waals surface area (Å²) in [7, 11) is 0. The molecule has 10 nitrogen and oxygen atoms in total. The molecule has 1 aliphatic rings. The van der Waals surface area contributed by atoms with Gasteiger partial charge in [-0.25, -0.2) is 18.7 Å². The monoisotopic (exact) mass is 537 g/mol. The van der Waals surface area contributed by atoms with Crippen molar-refractivity contribution in [2.75, 3.05) is 36.9 Å². The molecule has 12 heteroatoms. The zero-order chi connectivity index (χ0) is 27.2. The van der Waals surface area contributed by atoms with Crippen molar-refractivity contribution in [3.63, 3.8) is 0 Å². The van der Waals surface area contributed by atoms with Gasteiger partial charge in [0.15, 0.2) is 0 Å². The molecule has 3 N–H and O–H groups in total. The number of carbonyl (C=O) groups excluding carboxylic acids is 1. The second kappa shape index (κ2) is 12.1. The quantitative estimate of drug-likeness (QED) is 0.248. The van der Waals surface area contributed by atoms with Gasteiger partial charge in [0.2, 0.25) is 5.91 Å². The van der Waals surface area contributed by atoms with Crippen molar-refractivity contribution in [2.45, 2.75) is 31.8 Å². The van der Waals surface area contributed by atoms with Gasteiger partial charge in [-0.3, -0.25) is 14.4 Å². The third-order valence-corrected chi connectivity index (χ3v) is 6.60. The van der Waals surface area contributed by atoms with E-state index in [1.807, 2.05) is 18.2 Å². The lowest BCUT2D eigenvalue weighted by atomic mass is 10.2. The molecule has 0 bridgehead atoms. The van der Waals surface area contributed by atoms with Gasteiger partial charge in [0, 0.05) is 30.2 Å². The number of amides is 1. The molecule has 4 aromatic rings. The number of nitrogens with zero attached hydrogens (tertiary/aromatic N) is 5. The number of fused-ring (bicyclic) bond motifs is 1. The van der Waals surface area contributed by atoms with Crippen LogP contribution in [0.1, 0.15) is 19.3 Å². The van der Waals surface area contributed by atoms with Crippen LogP contribution >= 0.6 is 0 Å². The maximum Gasteiger partial charge on any atom is 0.246 e. The average Bonchev–Trinajstić information content (AvgIpc) is 3.58. The Balaban J connectivity index is 1.17. The number of ether oxygens (including phenoxy) is 1. The zero-order valence-electron chi connectivity index (χ0n) is 21.2. The van der Waals surface area contributed by atoms with Crippen LogP contribution in [0.15, 0.2) is 55.1 Å². The molecule has 5 rings (SSSR count). The number of halogens is 2. The smallest absolute Gasteiger partial charge is 0.246 e. The number of aromatic nitrogens is 4. The number of anilines is 3. The molecule has 0 radical (unpaired) electrons. The van der Waals surface area contributed by atoms with E-state index in [9.17, 15) is 18.7 Å². The lowest BCUT2D eigenvalue weighted by Crippen LogP contribution is -2.33. The van der Waals surface area contributed by atoms with Crippen molar-refractivity contribution in [2.24, 2.45) is 0 Å². The SMILES string of the molecule is O=C(Cn1cc(Nc2ncnc3cc(OCCCN4CCC[C@@H]4CO)ccc23)cn1)Nc1c(F)cccc1F. The summed E-state index contributed by atoms with van der Waals surface area (Å²) < 4.78 is 34.9. The molecule has 3 heterocycles. The van der Waals surface area contributed by atoms with Crippen molar-refractivity contribution >= 4 is 34.0 Å². The third-order valence-electron chi connectivity index (χ3n) is 6.60. The first-order valence-corrected chi connectivity index (χ1v) is 12.8. The summed E-state index contributed by atoms with van der Waals surface area (Å²) >= 11 is 0. The number of para-hydroxylation sites is 1. The molecule has 1 fully saturated rings. The normalized spacial score (nSPS) is 15.5. The summed E-state index contributed by atoms with van der Waals surface area (Å²) in [5.74, 6) is -1.07. The minimum Gasteiger partial charge on any atom is -0.493 e. The second-order valence-electron chi connectivity index (χ2n) is 9.31. The fourth-order valence-corrected chi connectivity index (χ4v) is 4.67. The Bertz CT molecular complexity index is 1430. The van der Waals surface area contributed by atoms with Crippen molar-refractivity contribution in [3.8, 4) is 5.75 Å².